The van der Waals surface area contributed by atoms with Gasteiger partial charge in [-0.25, -0.2) is 26.6 Å². The molecule has 0 aliphatic heterocycles. The van der Waals surface area contributed by atoms with Crippen LogP contribution in [0.15, 0.2) is 54.6 Å². The lowest BCUT2D eigenvalue weighted by Gasteiger charge is -2.28. The third-order valence-corrected chi connectivity index (χ3v) is 11.1. The molecule has 1 amide bonds. The zero-order valence-corrected chi connectivity index (χ0v) is 36.1. The van der Waals surface area contributed by atoms with E-state index < -0.39 is 94.0 Å². The molecule has 0 unspecified atom stereocenters. The summed E-state index contributed by atoms with van der Waals surface area (Å²) in [6, 6.07) is 7.64. The van der Waals surface area contributed by atoms with Crippen molar-refractivity contribution in [2.24, 2.45) is 13.0 Å². The van der Waals surface area contributed by atoms with Crippen molar-refractivity contribution in [2.75, 3.05) is 37.8 Å². The molecule has 0 spiro atoms. The third kappa shape index (κ3) is 10.8. The van der Waals surface area contributed by atoms with E-state index in [-0.39, 0.29) is 45.2 Å². The lowest BCUT2D eigenvalue weighted by atomic mass is 9.77. The Morgan fingerprint density at radius 2 is 1.70 bits per heavy atom. The molecule has 5 aromatic rings. The standard InChI is InChI=1S/C42H43ClF7N9O3S/c1-41(2,52-15-14-51-3)13-12-27-7-9-29(30-10-11-31(43)36-38(30)58(4)56-40(36)57-63(5,61)62)37(53-27)32(18-23-16-25(46)19-26(47)17-23)54-34(60)22-59-33(21-45)35(28-8-6-24(28)20-44)39(55-59)42(48,49)50/h6-11,16-17,19,24,28,32,51-52H,14-15,18,20-22H2,1-5H3,(H,54,60)(H,56,57)/t24-,28-,32-/m0/s1. The predicted octanol–water partition coefficient (Wildman–Crippen LogP) is 6.90. The summed E-state index contributed by atoms with van der Waals surface area (Å²) in [5.41, 5.74) is -2.13. The maximum absolute atomic E-state index is 14.7. The number of anilines is 1. The van der Waals surface area contributed by atoms with Crippen LogP contribution >= 0.6 is 11.6 Å². The van der Waals surface area contributed by atoms with Crippen molar-refractivity contribution < 1.29 is 43.9 Å². The van der Waals surface area contributed by atoms with Gasteiger partial charge in [-0.15, -0.1) is 0 Å². The molecule has 4 N–H and O–H groups in total. The fourth-order valence-electron chi connectivity index (χ4n) is 7.38. The van der Waals surface area contributed by atoms with Gasteiger partial charge in [0, 0.05) is 54.7 Å². The van der Waals surface area contributed by atoms with E-state index in [4.69, 9.17) is 16.6 Å². The van der Waals surface area contributed by atoms with Gasteiger partial charge in [0.05, 0.1) is 51.8 Å². The number of alkyl halides is 5. The van der Waals surface area contributed by atoms with E-state index in [2.05, 4.69) is 42.7 Å². The second kappa shape index (κ2) is 18.7. The number of carbonyl (C=O) groups excluding carboxylic acids is 1. The first kappa shape index (κ1) is 47.0. The molecular formula is C42H43ClF7N9O3S. The molecule has 0 saturated carbocycles. The van der Waals surface area contributed by atoms with E-state index in [9.17, 15) is 43.9 Å². The van der Waals surface area contributed by atoms with Gasteiger partial charge in [-0.3, -0.25) is 23.3 Å². The highest BCUT2D eigenvalue weighted by Crippen LogP contribution is 2.44. The van der Waals surface area contributed by atoms with Crippen molar-refractivity contribution in [2.45, 2.75) is 57.2 Å². The molecule has 63 heavy (non-hydrogen) atoms. The first-order valence-electron chi connectivity index (χ1n) is 19.4. The van der Waals surface area contributed by atoms with Gasteiger partial charge in [0.1, 0.15) is 30.5 Å². The highest BCUT2D eigenvalue weighted by molar-refractivity contribution is 7.92. The van der Waals surface area contributed by atoms with Crippen LogP contribution in [0.2, 0.25) is 5.02 Å². The fraction of sp³-hybridized carbons (Fsp3) is 0.381. The maximum Gasteiger partial charge on any atom is 0.435 e. The number of benzene rings is 2. The van der Waals surface area contributed by atoms with Crippen molar-refractivity contribution in [1.29, 1.82) is 0 Å². The van der Waals surface area contributed by atoms with Crippen LogP contribution in [0, 0.1) is 29.4 Å². The molecule has 336 valence electrons. The number of aryl methyl sites for hydroxylation is 1. The number of rotatable bonds is 16. The molecule has 0 saturated heterocycles. The van der Waals surface area contributed by atoms with E-state index >= 15 is 0 Å². The number of aromatic nitrogens is 5. The van der Waals surface area contributed by atoms with Gasteiger partial charge in [-0.05, 0) is 69.1 Å². The first-order valence-corrected chi connectivity index (χ1v) is 21.7. The SMILES string of the molecule is CNCCNC(C)(C)C#Cc1ccc(-c2ccc(Cl)c3c(NS(C)(=O)=O)nn(C)c23)c([C@H](Cc2cc(F)cc(F)c2)NC(=O)Cn2nc(C(F)(F)F)c([C@H]3C=C[C@H]3CF)c2CF)n1. The monoisotopic (exact) mass is 921 g/mol. The van der Waals surface area contributed by atoms with Gasteiger partial charge in [0.25, 0.3) is 0 Å². The molecule has 3 atom stereocenters. The lowest BCUT2D eigenvalue weighted by molar-refractivity contribution is -0.142. The number of nitrogens with zero attached hydrogens (tertiary/aromatic N) is 5. The quantitative estimate of drug-likeness (QED) is 0.0362. The number of sulfonamides is 1. The number of carbonyl (C=O) groups is 1. The second-order valence-electron chi connectivity index (χ2n) is 15.5. The summed E-state index contributed by atoms with van der Waals surface area (Å²) in [5, 5.41) is 17.3. The summed E-state index contributed by atoms with van der Waals surface area (Å²) < 4.78 is 130. The van der Waals surface area contributed by atoms with Crippen molar-refractivity contribution in [3.05, 3.63) is 105 Å². The van der Waals surface area contributed by atoms with Gasteiger partial charge in [-0.1, -0.05) is 35.7 Å². The molecular weight excluding hydrogens is 879 g/mol. The zero-order chi connectivity index (χ0) is 46.0. The number of allylic oxidation sites excluding steroid dienone is 2. The number of fused-ring (bicyclic) bond motifs is 1. The van der Waals surface area contributed by atoms with Gasteiger partial charge < -0.3 is 16.0 Å². The first-order chi connectivity index (χ1) is 29.6. The number of halogens is 8. The molecule has 6 rings (SSSR count). The highest BCUT2D eigenvalue weighted by atomic mass is 35.5. The number of likely N-dealkylation sites (N-methyl/N-ethyl adjacent to an activating group) is 1. The van der Waals surface area contributed by atoms with E-state index in [1.807, 2.05) is 13.8 Å². The molecule has 3 aromatic heterocycles. The van der Waals surface area contributed by atoms with Gasteiger partial charge >= 0.3 is 6.18 Å². The molecule has 3 heterocycles. The van der Waals surface area contributed by atoms with Crippen LogP contribution in [0.3, 0.4) is 0 Å². The third-order valence-electron chi connectivity index (χ3n) is 10.2. The number of amides is 1. The van der Waals surface area contributed by atoms with Crippen LogP contribution in [0.5, 0.6) is 0 Å². The van der Waals surface area contributed by atoms with E-state index in [1.165, 1.54) is 29.9 Å². The topological polar surface area (TPSA) is 148 Å². The molecule has 0 fully saturated rings. The van der Waals surface area contributed by atoms with Crippen LogP contribution in [0.25, 0.3) is 22.0 Å². The van der Waals surface area contributed by atoms with Crippen LogP contribution in [0.4, 0.5) is 36.6 Å². The molecule has 0 radical (unpaired) electrons. The van der Waals surface area contributed by atoms with Crippen LogP contribution in [-0.4, -0.2) is 77.5 Å². The summed E-state index contributed by atoms with van der Waals surface area (Å²) >= 11 is 6.63. The second-order valence-corrected chi connectivity index (χ2v) is 17.7. The minimum absolute atomic E-state index is 0.0394. The van der Waals surface area contributed by atoms with Crippen LogP contribution < -0.4 is 20.7 Å². The highest BCUT2D eigenvalue weighted by Gasteiger charge is 2.44. The average Bonchev–Trinajstić information content (AvgIpc) is 3.69. The summed E-state index contributed by atoms with van der Waals surface area (Å²) in [6.45, 7) is 1.48. The molecule has 0 bridgehead atoms. The number of hydrogen-bond acceptors (Lipinski definition) is 8. The zero-order valence-electron chi connectivity index (χ0n) is 34.6. The number of hydrogen-bond donors (Lipinski definition) is 4. The minimum atomic E-state index is -5.08. The Balaban J connectivity index is 1.53. The van der Waals surface area contributed by atoms with Crippen molar-refractivity contribution in [3.63, 3.8) is 0 Å². The largest absolute Gasteiger partial charge is 0.435 e. The van der Waals surface area contributed by atoms with Crippen molar-refractivity contribution in [1.82, 2.24) is 40.5 Å². The van der Waals surface area contributed by atoms with Crippen LogP contribution in [0.1, 0.15) is 59.7 Å². The predicted molar refractivity (Wildman–Crippen MR) is 225 cm³/mol. The molecule has 1 aliphatic carbocycles. The summed E-state index contributed by atoms with van der Waals surface area (Å²) in [5.74, 6) is 1.09. The van der Waals surface area contributed by atoms with Gasteiger partial charge in [-0.2, -0.15) is 23.4 Å². The summed E-state index contributed by atoms with van der Waals surface area (Å²) in [6.07, 6.45) is -1.82. The maximum atomic E-state index is 14.7. The smallest absolute Gasteiger partial charge is 0.346 e. The lowest BCUT2D eigenvalue weighted by Crippen LogP contribution is -2.41. The average molecular weight is 922 g/mol. The summed E-state index contributed by atoms with van der Waals surface area (Å²) in [4.78, 5) is 19.0. The van der Waals surface area contributed by atoms with E-state index in [0.29, 0.717) is 34.9 Å². The van der Waals surface area contributed by atoms with Gasteiger partial charge in [0.15, 0.2) is 11.5 Å². The Bertz CT molecular complexity index is 2720. The molecule has 2 aromatic carbocycles. The summed E-state index contributed by atoms with van der Waals surface area (Å²) in [7, 11) is -0.517. The van der Waals surface area contributed by atoms with E-state index in [0.717, 1.165) is 18.4 Å². The number of nitrogens with one attached hydrogen (secondary N) is 4. The Morgan fingerprint density at radius 3 is 2.30 bits per heavy atom. The molecule has 21 heteroatoms. The Hall–Kier alpha value is -5.49. The Kier molecular flexibility index (Phi) is 13.9. The van der Waals surface area contributed by atoms with Crippen LogP contribution in [-0.2, 0) is 47.7 Å². The Morgan fingerprint density at radius 1 is 1.00 bits per heavy atom. The fourth-order valence-corrected chi connectivity index (χ4v) is 8.12. The molecule has 1 aliphatic rings. The Labute approximate surface area is 363 Å². The minimum Gasteiger partial charge on any atom is -0.346 e. The van der Waals surface area contributed by atoms with Gasteiger partial charge in [0.2, 0.25) is 15.9 Å². The molecule has 12 nitrogen and oxygen atoms in total. The van der Waals surface area contributed by atoms with E-state index in [1.54, 1.807) is 25.2 Å². The van der Waals surface area contributed by atoms with Crippen molar-refractivity contribution in [3.8, 4) is 23.0 Å². The van der Waals surface area contributed by atoms with Crippen molar-refractivity contribution >= 4 is 44.3 Å². The number of pyridine rings is 1. The normalized spacial score (nSPS) is 15.8.